The molecule has 0 radical (unpaired) electrons. The first-order valence-corrected chi connectivity index (χ1v) is 12.1. The molecule has 0 saturated carbocycles. The van der Waals surface area contributed by atoms with Crippen molar-refractivity contribution in [1.82, 2.24) is 0 Å². The fourth-order valence-electron chi connectivity index (χ4n) is 2.84. The molecule has 10 nitrogen and oxygen atoms in total. The summed E-state index contributed by atoms with van der Waals surface area (Å²) in [6.07, 6.45) is 0. The van der Waals surface area contributed by atoms with E-state index >= 15 is 0 Å². The molecule has 34 heavy (non-hydrogen) atoms. The SMILES string of the molecule is N#Cc1ccc(S(=O)(=O)Nc2cccc(NS(=O)(=O)c3ccc(C#N)c(C#N)c3)c2)cc1C#N. The Kier molecular flexibility index (Phi) is 6.51. The average molecular weight is 489 g/mol. The molecule has 0 aliphatic carbocycles. The van der Waals surface area contributed by atoms with Gasteiger partial charge in [-0.15, -0.1) is 0 Å². The molecule has 0 amide bonds. The number of benzene rings is 3. The number of nitriles is 4. The van der Waals surface area contributed by atoms with E-state index in [0.29, 0.717) is 0 Å². The van der Waals surface area contributed by atoms with Crippen LogP contribution in [0.25, 0.3) is 0 Å². The topological polar surface area (TPSA) is 187 Å². The van der Waals surface area contributed by atoms with Gasteiger partial charge in [-0.3, -0.25) is 9.44 Å². The molecular weight excluding hydrogens is 476 g/mol. The second kappa shape index (κ2) is 9.32. The lowest BCUT2D eigenvalue weighted by Gasteiger charge is -2.12. The van der Waals surface area contributed by atoms with Gasteiger partial charge in [0.1, 0.15) is 24.3 Å². The number of nitrogens with one attached hydrogen (secondary N) is 2. The Morgan fingerprint density at radius 1 is 0.529 bits per heavy atom. The second-order valence-corrected chi connectivity index (χ2v) is 10.0. The van der Waals surface area contributed by atoms with Gasteiger partial charge in [0.15, 0.2) is 0 Å². The molecule has 0 atom stereocenters. The van der Waals surface area contributed by atoms with Crippen LogP contribution in [0.1, 0.15) is 22.3 Å². The lowest BCUT2D eigenvalue weighted by atomic mass is 10.1. The highest BCUT2D eigenvalue weighted by molar-refractivity contribution is 7.93. The van der Waals surface area contributed by atoms with E-state index in [1.807, 2.05) is 0 Å². The van der Waals surface area contributed by atoms with Gasteiger partial charge in [-0.25, -0.2) is 16.8 Å². The molecule has 0 aliphatic heterocycles. The standard InChI is InChI=1S/C22H12N6O4S2/c23-11-15-4-6-21(8-17(15)13-25)33(29,30)27-19-2-1-3-20(10-19)28-34(31,32)22-7-5-16(12-24)18(9-22)14-26/h1-10,27-28H. The maximum atomic E-state index is 12.7. The Hall–Kier alpha value is -4.88. The van der Waals surface area contributed by atoms with Gasteiger partial charge in [-0.05, 0) is 54.6 Å². The van der Waals surface area contributed by atoms with Crippen molar-refractivity contribution in [2.24, 2.45) is 0 Å². The predicted molar refractivity (Wildman–Crippen MR) is 120 cm³/mol. The van der Waals surface area contributed by atoms with Crippen LogP contribution in [0.15, 0.2) is 70.5 Å². The molecule has 0 heterocycles. The van der Waals surface area contributed by atoms with Crippen LogP contribution < -0.4 is 9.44 Å². The Labute approximate surface area is 195 Å². The lowest BCUT2D eigenvalue weighted by molar-refractivity contribution is 0.599. The largest absolute Gasteiger partial charge is 0.280 e. The van der Waals surface area contributed by atoms with Gasteiger partial charge in [0, 0.05) is 0 Å². The zero-order chi connectivity index (χ0) is 24.9. The molecule has 0 aromatic heterocycles. The molecule has 166 valence electrons. The summed E-state index contributed by atoms with van der Waals surface area (Å²) in [5.74, 6) is 0. The Morgan fingerprint density at radius 3 is 1.26 bits per heavy atom. The molecule has 3 rings (SSSR count). The number of nitrogens with zero attached hydrogens (tertiary/aromatic N) is 4. The molecule has 0 unspecified atom stereocenters. The normalized spacial score (nSPS) is 10.7. The van der Waals surface area contributed by atoms with Gasteiger partial charge in [0.2, 0.25) is 0 Å². The van der Waals surface area contributed by atoms with Crippen LogP contribution in [-0.4, -0.2) is 16.8 Å². The Bertz CT molecular complexity index is 1560. The van der Waals surface area contributed by atoms with Gasteiger partial charge in [-0.2, -0.15) is 21.0 Å². The molecule has 0 saturated heterocycles. The van der Waals surface area contributed by atoms with Crippen LogP contribution in [0.2, 0.25) is 0 Å². The van der Waals surface area contributed by atoms with Crippen molar-refractivity contribution in [2.75, 3.05) is 9.44 Å². The number of rotatable bonds is 6. The van der Waals surface area contributed by atoms with E-state index in [1.54, 1.807) is 24.3 Å². The third-order valence-electron chi connectivity index (χ3n) is 4.45. The van der Waals surface area contributed by atoms with Crippen LogP contribution in [0.4, 0.5) is 11.4 Å². The molecular formula is C22H12N6O4S2. The first kappa shape index (κ1) is 23.8. The van der Waals surface area contributed by atoms with Gasteiger partial charge in [-0.1, -0.05) is 6.07 Å². The molecule has 3 aromatic rings. The molecule has 3 aromatic carbocycles. The first-order chi connectivity index (χ1) is 16.1. The maximum Gasteiger partial charge on any atom is 0.261 e. The highest BCUT2D eigenvalue weighted by Crippen LogP contribution is 2.24. The number of hydrogen-bond acceptors (Lipinski definition) is 8. The van der Waals surface area contributed by atoms with Crippen LogP contribution >= 0.6 is 0 Å². The van der Waals surface area contributed by atoms with Crippen molar-refractivity contribution in [3.8, 4) is 24.3 Å². The van der Waals surface area contributed by atoms with Crippen molar-refractivity contribution in [2.45, 2.75) is 9.79 Å². The minimum atomic E-state index is -4.15. The molecule has 0 spiro atoms. The van der Waals surface area contributed by atoms with E-state index < -0.39 is 20.0 Å². The van der Waals surface area contributed by atoms with Gasteiger partial charge >= 0.3 is 0 Å². The van der Waals surface area contributed by atoms with E-state index in [4.69, 9.17) is 21.0 Å². The van der Waals surface area contributed by atoms with E-state index in [1.165, 1.54) is 48.5 Å². The van der Waals surface area contributed by atoms with Gasteiger partial charge in [0.05, 0.1) is 43.4 Å². The highest BCUT2D eigenvalue weighted by atomic mass is 32.2. The average Bonchev–Trinajstić information content (AvgIpc) is 2.82. The van der Waals surface area contributed by atoms with Crippen LogP contribution in [0, 0.1) is 45.3 Å². The summed E-state index contributed by atoms with van der Waals surface area (Å²) in [7, 11) is -8.31. The van der Waals surface area contributed by atoms with Crippen molar-refractivity contribution in [1.29, 1.82) is 21.0 Å². The number of sulfonamides is 2. The van der Waals surface area contributed by atoms with Crippen molar-refractivity contribution < 1.29 is 16.8 Å². The van der Waals surface area contributed by atoms with E-state index in [0.717, 1.165) is 12.1 Å². The zero-order valence-electron chi connectivity index (χ0n) is 17.0. The predicted octanol–water partition coefficient (Wildman–Crippen LogP) is 2.77. The quantitative estimate of drug-likeness (QED) is 0.529. The summed E-state index contributed by atoms with van der Waals surface area (Å²) in [6, 6.07) is 19.4. The van der Waals surface area contributed by atoms with Crippen LogP contribution in [0.5, 0.6) is 0 Å². The van der Waals surface area contributed by atoms with Crippen molar-refractivity contribution in [3.05, 3.63) is 82.9 Å². The Morgan fingerprint density at radius 2 is 0.912 bits per heavy atom. The van der Waals surface area contributed by atoms with Crippen LogP contribution in [-0.2, 0) is 20.0 Å². The number of hydrogen-bond donors (Lipinski definition) is 2. The minimum absolute atomic E-state index is 0.0280. The highest BCUT2D eigenvalue weighted by Gasteiger charge is 2.19. The van der Waals surface area contributed by atoms with Gasteiger partial charge < -0.3 is 0 Å². The summed E-state index contributed by atoms with van der Waals surface area (Å²) in [5.41, 5.74) is -0.0984. The molecule has 2 N–H and O–H groups in total. The van der Waals surface area contributed by atoms with E-state index in [-0.39, 0.29) is 43.4 Å². The fourth-order valence-corrected chi connectivity index (χ4v) is 4.99. The van der Waals surface area contributed by atoms with Gasteiger partial charge in [0.25, 0.3) is 20.0 Å². The second-order valence-electron chi connectivity index (χ2n) is 6.65. The fraction of sp³-hybridized carbons (Fsp3) is 0. The molecule has 12 heteroatoms. The third-order valence-corrected chi connectivity index (χ3v) is 7.21. The smallest absolute Gasteiger partial charge is 0.261 e. The number of anilines is 2. The summed E-state index contributed by atoms with van der Waals surface area (Å²) in [6.45, 7) is 0. The maximum absolute atomic E-state index is 12.7. The van der Waals surface area contributed by atoms with Crippen LogP contribution in [0.3, 0.4) is 0 Å². The monoisotopic (exact) mass is 488 g/mol. The summed E-state index contributed by atoms with van der Waals surface area (Å²) in [4.78, 5) is -0.508. The summed E-state index contributed by atoms with van der Waals surface area (Å²) >= 11 is 0. The lowest BCUT2D eigenvalue weighted by Crippen LogP contribution is -2.15. The minimum Gasteiger partial charge on any atom is -0.280 e. The van der Waals surface area contributed by atoms with E-state index in [9.17, 15) is 16.8 Å². The summed E-state index contributed by atoms with van der Waals surface area (Å²) < 4.78 is 55.5. The summed E-state index contributed by atoms with van der Waals surface area (Å²) in [5, 5.41) is 36.2. The molecule has 0 fully saturated rings. The third kappa shape index (κ3) is 4.95. The molecule has 0 aliphatic rings. The van der Waals surface area contributed by atoms with E-state index in [2.05, 4.69) is 9.44 Å². The zero-order valence-corrected chi connectivity index (χ0v) is 18.6. The molecule has 0 bridgehead atoms. The van der Waals surface area contributed by atoms with Crippen molar-refractivity contribution >= 4 is 31.4 Å². The Balaban J connectivity index is 1.88. The van der Waals surface area contributed by atoms with Crippen molar-refractivity contribution in [3.63, 3.8) is 0 Å². The first-order valence-electron chi connectivity index (χ1n) is 9.18.